The van der Waals surface area contributed by atoms with E-state index in [0.717, 1.165) is 12.5 Å². The molecule has 1 heterocycles. The van der Waals surface area contributed by atoms with Gasteiger partial charge in [-0.3, -0.25) is 0 Å². The highest BCUT2D eigenvalue weighted by molar-refractivity contribution is 5.45. The van der Waals surface area contributed by atoms with Crippen LogP contribution in [0.2, 0.25) is 0 Å². The summed E-state index contributed by atoms with van der Waals surface area (Å²) in [6, 6.07) is 8.87. The topological polar surface area (TPSA) is 15.3 Å². The predicted molar refractivity (Wildman–Crippen MR) is 83.9 cm³/mol. The number of nitrogens with one attached hydrogen (secondary N) is 1. The first kappa shape index (κ1) is 14.4. The summed E-state index contributed by atoms with van der Waals surface area (Å²) in [4.78, 5) is 2.58. The molecule has 0 bridgehead atoms. The van der Waals surface area contributed by atoms with Crippen LogP contribution in [0.4, 0.5) is 5.69 Å². The van der Waals surface area contributed by atoms with Gasteiger partial charge in [0.1, 0.15) is 0 Å². The van der Waals surface area contributed by atoms with Crippen LogP contribution in [0.5, 0.6) is 0 Å². The molecule has 0 aromatic heterocycles. The Balaban J connectivity index is 1.70. The van der Waals surface area contributed by atoms with Crippen molar-refractivity contribution in [3.05, 3.63) is 29.8 Å². The van der Waals surface area contributed by atoms with Crippen LogP contribution in [0.25, 0.3) is 0 Å². The van der Waals surface area contributed by atoms with Crippen LogP contribution >= 0.6 is 0 Å². The number of nitrogens with zero attached hydrogens (tertiary/aromatic N) is 1. The lowest BCUT2D eigenvalue weighted by molar-refractivity contribution is 0.199. The van der Waals surface area contributed by atoms with Crippen LogP contribution < -0.4 is 5.32 Å². The highest BCUT2D eigenvalue weighted by Gasteiger charge is 2.14. The molecule has 1 aliphatic rings. The molecule has 0 radical (unpaired) electrons. The van der Waals surface area contributed by atoms with Crippen molar-refractivity contribution in [1.29, 1.82) is 0 Å². The zero-order valence-corrected chi connectivity index (χ0v) is 12.7. The second-order valence-corrected chi connectivity index (χ2v) is 6.23. The predicted octanol–water partition coefficient (Wildman–Crippen LogP) is 3.95. The quantitative estimate of drug-likeness (QED) is 0.862. The Bertz CT molecular complexity index is 361. The molecule has 1 aromatic carbocycles. The molecule has 0 aliphatic carbocycles. The van der Waals surface area contributed by atoms with Gasteiger partial charge in [0, 0.05) is 18.8 Å². The normalized spacial score (nSPS) is 17.9. The molecule has 0 saturated carbocycles. The molecule has 0 atom stereocenters. The summed E-state index contributed by atoms with van der Waals surface area (Å²) in [6.07, 6.45) is 2.73. The fourth-order valence-electron chi connectivity index (χ4n) is 2.63. The summed E-state index contributed by atoms with van der Waals surface area (Å²) in [5.74, 6) is 1.54. The Hall–Kier alpha value is -1.02. The smallest absolute Gasteiger partial charge is 0.0340 e. The minimum absolute atomic E-state index is 0.615. The molecule has 1 aromatic rings. The molecule has 0 spiro atoms. The number of piperidine rings is 1. The number of hydrogen-bond donors (Lipinski definition) is 1. The van der Waals surface area contributed by atoms with Crippen molar-refractivity contribution in [3.63, 3.8) is 0 Å². The van der Waals surface area contributed by atoms with Crippen molar-refractivity contribution in [2.75, 3.05) is 31.5 Å². The van der Waals surface area contributed by atoms with Crippen molar-refractivity contribution in [2.45, 2.75) is 39.5 Å². The van der Waals surface area contributed by atoms with E-state index in [1.807, 2.05) is 0 Å². The van der Waals surface area contributed by atoms with E-state index in [1.165, 1.54) is 43.7 Å². The van der Waals surface area contributed by atoms with Crippen molar-refractivity contribution in [2.24, 2.45) is 5.92 Å². The molecule has 0 amide bonds. The fourth-order valence-corrected chi connectivity index (χ4v) is 2.63. The molecule has 2 rings (SSSR count). The molecule has 1 aliphatic heterocycles. The molecular formula is C17H28N2. The summed E-state index contributed by atoms with van der Waals surface area (Å²) >= 11 is 0. The minimum Gasteiger partial charge on any atom is -0.384 e. The third-order valence-electron chi connectivity index (χ3n) is 4.21. The van der Waals surface area contributed by atoms with Gasteiger partial charge in [-0.1, -0.05) is 32.9 Å². The summed E-state index contributed by atoms with van der Waals surface area (Å²) in [5.41, 5.74) is 2.66. The van der Waals surface area contributed by atoms with E-state index in [4.69, 9.17) is 0 Å². The van der Waals surface area contributed by atoms with Crippen molar-refractivity contribution < 1.29 is 0 Å². The Morgan fingerprint density at radius 3 is 2.37 bits per heavy atom. The lowest BCUT2D eigenvalue weighted by atomic mass is 9.99. The highest BCUT2D eigenvalue weighted by Crippen LogP contribution is 2.18. The molecule has 0 unspecified atom stereocenters. The first-order valence-electron chi connectivity index (χ1n) is 7.71. The van der Waals surface area contributed by atoms with Gasteiger partial charge in [-0.05, 0) is 55.5 Å². The van der Waals surface area contributed by atoms with Gasteiger partial charge < -0.3 is 10.2 Å². The third-order valence-corrected chi connectivity index (χ3v) is 4.21. The van der Waals surface area contributed by atoms with E-state index < -0.39 is 0 Å². The average molecular weight is 260 g/mol. The van der Waals surface area contributed by atoms with Gasteiger partial charge in [-0.25, -0.2) is 0 Å². The SMILES string of the molecule is CC1CCN(CCNc2ccc(C(C)C)cc2)CC1. The zero-order chi connectivity index (χ0) is 13.7. The maximum absolute atomic E-state index is 3.53. The van der Waals surface area contributed by atoms with Crippen LogP contribution in [-0.2, 0) is 0 Å². The molecule has 19 heavy (non-hydrogen) atoms. The Kier molecular flexibility index (Phi) is 5.26. The lowest BCUT2D eigenvalue weighted by Crippen LogP contribution is -2.36. The van der Waals surface area contributed by atoms with Crippen molar-refractivity contribution in [3.8, 4) is 0 Å². The fraction of sp³-hybridized carbons (Fsp3) is 0.647. The Morgan fingerprint density at radius 1 is 1.16 bits per heavy atom. The summed E-state index contributed by atoms with van der Waals surface area (Å²) < 4.78 is 0. The number of anilines is 1. The first-order valence-corrected chi connectivity index (χ1v) is 7.71. The number of benzene rings is 1. The molecule has 2 heteroatoms. The second kappa shape index (κ2) is 6.95. The number of likely N-dealkylation sites (tertiary alicyclic amines) is 1. The third kappa shape index (κ3) is 4.54. The maximum atomic E-state index is 3.53. The number of hydrogen-bond acceptors (Lipinski definition) is 2. The van der Waals surface area contributed by atoms with Gasteiger partial charge in [0.05, 0.1) is 0 Å². The van der Waals surface area contributed by atoms with Crippen LogP contribution in [-0.4, -0.2) is 31.1 Å². The van der Waals surface area contributed by atoms with Gasteiger partial charge in [0.15, 0.2) is 0 Å². The molecule has 1 fully saturated rings. The van der Waals surface area contributed by atoms with E-state index in [0.29, 0.717) is 5.92 Å². The van der Waals surface area contributed by atoms with Crippen LogP contribution in [0, 0.1) is 5.92 Å². The Labute approximate surface area is 118 Å². The maximum Gasteiger partial charge on any atom is 0.0340 e. The van der Waals surface area contributed by atoms with Crippen LogP contribution in [0.3, 0.4) is 0 Å². The summed E-state index contributed by atoms with van der Waals surface area (Å²) in [7, 11) is 0. The van der Waals surface area contributed by atoms with Crippen molar-refractivity contribution >= 4 is 5.69 Å². The molecule has 2 nitrogen and oxygen atoms in total. The van der Waals surface area contributed by atoms with Gasteiger partial charge in [0.2, 0.25) is 0 Å². The monoisotopic (exact) mass is 260 g/mol. The van der Waals surface area contributed by atoms with E-state index in [9.17, 15) is 0 Å². The van der Waals surface area contributed by atoms with E-state index in [1.54, 1.807) is 0 Å². The molecule has 106 valence electrons. The van der Waals surface area contributed by atoms with Crippen molar-refractivity contribution in [1.82, 2.24) is 4.90 Å². The molecule has 1 saturated heterocycles. The van der Waals surface area contributed by atoms with E-state index in [2.05, 4.69) is 55.3 Å². The zero-order valence-electron chi connectivity index (χ0n) is 12.7. The number of rotatable bonds is 5. The first-order chi connectivity index (χ1) is 9.15. The van der Waals surface area contributed by atoms with Gasteiger partial charge in [-0.2, -0.15) is 0 Å². The second-order valence-electron chi connectivity index (χ2n) is 6.23. The summed E-state index contributed by atoms with van der Waals surface area (Å²) in [5, 5.41) is 3.53. The van der Waals surface area contributed by atoms with Crippen LogP contribution in [0.15, 0.2) is 24.3 Å². The average Bonchev–Trinajstić information content (AvgIpc) is 2.41. The van der Waals surface area contributed by atoms with Gasteiger partial charge in [-0.15, -0.1) is 0 Å². The molecule has 1 N–H and O–H groups in total. The van der Waals surface area contributed by atoms with Gasteiger partial charge in [0.25, 0.3) is 0 Å². The van der Waals surface area contributed by atoms with E-state index in [-0.39, 0.29) is 0 Å². The minimum atomic E-state index is 0.615. The standard InChI is InChI=1S/C17H28N2/c1-14(2)16-4-6-17(7-5-16)18-10-13-19-11-8-15(3)9-12-19/h4-7,14-15,18H,8-13H2,1-3H3. The summed E-state index contributed by atoms with van der Waals surface area (Å²) in [6.45, 7) is 11.6. The lowest BCUT2D eigenvalue weighted by Gasteiger charge is -2.30. The van der Waals surface area contributed by atoms with E-state index >= 15 is 0 Å². The largest absolute Gasteiger partial charge is 0.384 e. The van der Waals surface area contributed by atoms with Crippen LogP contribution in [0.1, 0.15) is 45.1 Å². The highest BCUT2D eigenvalue weighted by atomic mass is 15.1. The van der Waals surface area contributed by atoms with Gasteiger partial charge >= 0.3 is 0 Å². The Morgan fingerprint density at radius 2 is 1.79 bits per heavy atom. The molecular weight excluding hydrogens is 232 g/mol.